The SMILES string of the molecule is Cn1cc(C(N)=O)c2cccc(N3CCOCC3)c21. The first-order chi connectivity index (χ1) is 9.18. The number of primary amides is 1. The molecule has 0 bridgehead atoms. The molecule has 3 rings (SSSR count). The smallest absolute Gasteiger partial charge is 0.250 e. The zero-order valence-corrected chi connectivity index (χ0v) is 10.9. The third-order valence-electron chi connectivity index (χ3n) is 3.60. The summed E-state index contributed by atoms with van der Waals surface area (Å²) >= 11 is 0. The number of ether oxygens (including phenoxy) is 1. The van der Waals surface area contributed by atoms with Crippen LogP contribution in [0.15, 0.2) is 24.4 Å². The number of hydrogen-bond donors (Lipinski definition) is 1. The minimum absolute atomic E-state index is 0.385. The summed E-state index contributed by atoms with van der Waals surface area (Å²) in [5.41, 5.74) is 8.20. The normalized spacial score (nSPS) is 15.9. The van der Waals surface area contributed by atoms with Gasteiger partial charge in [-0.05, 0) is 6.07 Å². The summed E-state index contributed by atoms with van der Waals surface area (Å²) in [6.07, 6.45) is 1.80. The van der Waals surface area contributed by atoms with E-state index in [-0.39, 0.29) is 5.91 Å². The largest absolute Gasteiger partial charge is 0.378 e. The zero-order valence-electron chi connectivity index (χ0n) is 10.9. The molecular weight excluding hydrogens is 242 g/mol. The fourth-order valence-corrected chi connectivity index (χ4v) is 2.70. The number of para-hydroxylation sites is 1. The second kappa shape index (κ2) is 4.59. The number of aryl methyl sites for hydroxylation is 1. The van der Waals surface area contributed by atoms with E-state index in [0.717, 1.165) is 42.9 Å². The van der Waals surface area contributed by atoms with Crippen molar-refractivity contribution in [3.63, 3.8) is 0 Å². The van der Waals surface area contributed by atoms with Crippen LogP contribution in [0.5, 0.6) is 0 Å². The van der Waals surface area contributed by atoms with Crippen molar-refractivity contribution in [3.05, 3.63) is 30.0 Å². The molecule has 2 N–H and O–H groups in total. The molecule has 0 atom stereocenters. The number of hydrogen-bond acceptors (Lipinski definition) is 3. The second-order valence-corrected chi connectivity index (χ2v) is 4.79. The third-order valence-corrected chi connectivity index (χ3v) is 3.60. The maximum Gasteiger partial charge on any atom is 0.250 e. The van der Waals surface area contributed by atoms with E-state index in [1.165, 1.54) is 0 Å². The number of benzene rings is 1. The molecule has 1 saturated heterocycles. The Morgan fingerprint density at radius 1 is 1.32 bits per heavy atom. The number of rotatable bonds is 2. The summed E-state index contributed by atoms with van der Waals surface area (Å²) in [7, 11) is 1.94. The summed E-state index contributed by atoms with van der Waals surface area (Å²) in [6, 6.07) is 6.00. The average Bonchev–Trinajstić information content (AvgIpc) is 2.78. The summed E-state index contributed by atoms with van der Waals surface area (Å²) < 4.78 is 7.36. The van der Waals surface area contributed by atoms with Crippen molar-refractivity contribution >= 4 is 22.5 Å². The first-order valence-electron chi connectivity index (χ1n) is 6.39. The Labute approximate surface area is 111 Å². The first kappa shape index (κ1) is 12.0. The van der Waals surface area contributed by atoms with Gasteiger partial charge in [0, 0.05) is 31.7 Å². The van der Waals surface area contributed by atoms with Gasteiger partial charge in [-0.2, -0.15) is 0 Å². The van der Waals surface area contributed by atoms with Crippen LogP contribution in [0.1, 0.15) is 10.4 Å². The molecule has 0 unspecified atom stereocenters. The van der Waals surface area contributed by atoms with Crippen molar-refractivity contribution in [2.24, 2.45) is 12.8 Å². The zero-order chi connectivity index (χ0) is 13.4. The number of fused-ring (bicyclic) bond motifs is 1. The minimum Gasteiger partial charge on any atom is -0.378 e. The van der Waals surface area contributed by atoms with Gasteiger partial charge in [-0.3, -0.25) is 4.79 Å². The molecule has 2 heterocycles. The molecule has 0 aliphatic carbocycles. The number of nitrogens with zero attached hydrogens (tertiary/aromatic N) is 2. The summed E-state index contributed by atoms with van der Waals surface area (Å²) in [4.78, 5) is 13.8. The molecule has 0 spiro atoms. The fourth-order valence-electron chi connectivity index (χ4n) is 2.70. The fraction of sp³-hybridized carbons (Fsp3) is 0.357. The van der Waals surface area contributed by atoms with E-state index in [2.05, 4.69) is 11.0 Å². The predicted molar refractivity (Wildman–Crippen MR) is 74.5 cm³/mol. The quantitative estimate of drug-likeness (QED) is 0.879. The molecule has 1 aromatic heterocycles. The lowest BCUT2D eigenvalue weighted by atomic mass is 10.1. The number of nitrogens with two attached hydrogens (primary N) is 1. The molecule has 0 saturated carbocycles. The number of morpholine rings is 1. The van der Waals surface area contributed by atoms with Crippen LogP contribution in [-0.2, 0) is 11.8 Å². The lowest BCUT2D eigenvalue weighted by Gasteiger charge is -2.29. The summed E-state index contributed by atoms with van der Waals surface area (Å²) in [6.45, 7) is 3.22. The third kappa shape index (κ3) is 1.96. The molecule has 5 heteroatoms. The monoisotopic (exact) mass is 259 g/mol. The van der Waals surface area contributed by atoms with Crippen LogP contribution in [0, 0.1) is 0 Å². The van der Waals surface area contributed by atoms with Crippen LogP contribution < -0.4 is 10.6 Å². The van der Waals surface area contributed by atoms with Crippen LogP contribution in [0.25, 0.3) is 10.9 Å². The lowest BCUT2D eigenvalue weighted by molar-refractivity contribution is 0.100. The van der Waals surface area contributed by atoms with Gasteiger partial charge in [-0.15, -0.1) is 0 Å². The molecule has 19 heavy (non-hydrogen) atoms. The molecule has 1 amide bonds. The van der Waals surface area contributed by atoms with Crippen LogP contribution in [-0.4, -0.2) is 36.8 Å². The van der Waals surface area contributed by atoms with E-state index >= 15 is 0 Å². The molecular formula is C14H17N3O2. The second-order valence-electron chi connectivity index (χ2n) is 4.79. The van der Waals surface area contributed by atoms with Gasteiger partial charge in [-0.1, -0.05) is 12.1 Å². The molecule has 1 aromatic carbocycles. The summed E-state index contributed by atoms with van der Waals surface area (Å²) in [5, 5.41) is 0.916. The highest BCUT2D eigenvalue weighted by Crippen LogP contribution is 2.30. The standard InChI is InChI=1S/C14H17N3O2/c1-16-9-11(14(15)18)10-3-2-4-12(13(10)16)17-5-7-19-8-6-17/h2-4,9H,5-8H2,1H3,(H2,15,18). The van der Waals surface area contributed by atoms with Crippen molar-refractivity contribution in [2.45, 2.75) is 0 Å². The van der Waals surface area contributed by atoms with Gasteiger partial charge in [0.15, 0.2) is 0 Å². The van der Waals surface area contributed by atoms with Gasteiger partial charge in [0.05, 0.1) is 30.0 Å². The first-order valence-corrected chi connectivity index (χ1v) is 6.39. The Kier molecular flexibility index (Phi) is 2.91. The van der Waals surface area contributed by atoms with Crippen LogP contribution in [0.4, 0.5) is 5.69 Å². The van der Waals surface area contributed by atoms with Gasteiger partial charge in [0.2, 0.25) is 0 Å². The molecule has 0 radical (unpaired) electrons. The molecule has 1 aliphatic rings. The Morgan fingerprint density at radius 3 is 2.74 bits per heavy atom. The predicted octanol–water partition coefficient (Wildman–Crippen LogP) is 1.11. The van der Waals surface area contributed by atoms with Crippen molar-refractivity contribution in [1.29, 1.82) is 0 Å². The number of amides is 1. The molecule has 5 nitrogen and oxygen atoms in total. The maximum absolute atomic E-state index is 11.5. The number of carbonyl (C=O) groups is 1. The average molecular weight is 259 g/mol. The van der Waals surface area contributed by atoms with Gasteiger partial charge < -0.3 is 19.9 Å². The number of carbonyl (C=O) groups excluding carboxylic acids is 1. The highest BCUT2D eigenvalue weighted by atomic mass is 16.5. The van der Waals surface area contributed by atoms with Crippen molar-refractivity contribution in [2.75, 3.05) is 31.2 Å². The van der Waals surface area contributed by atoms with Crippen molar-refractivity contribution in [1.82, 2.24) is 4.57 Å². The minimum atomic E-state index is -0.385. The molecule has 100 valence electrons. The number of aromatic nitrogens is 1. The summed E-state index contributed by atoms with van der Waals surface area (Å²) in [5.74, 6) is -0.385. The highest BCUT2D eigenvalue weighted by Gasteiger charge is 2.18. The Bertz CT molecular complexity index is 627. The van der Waals surface area contributed by atoms with Crippen LogP contribution in [0.2, 0.25) is 0 Å². The Morgan fingerprint density at radius 2 is 2.05 bits per heavy atom. The van der Waals surface area contributed by atoms with E-state index in [0.29, 0.717) is 5.56 Å². The van der Waals surface area contributed by atoms with Crippen molar-refractivity contribution < 1.29 is 9.53 Å². The van der Waals surface area contributed by atoms with E-state index in [4.69, 9.17) is 10.5 Å². The Balaban J connectivity index is 2.17. The highest BCUT2D eigenvalue weighted by molar-refractivity contribution is 6.09. The van der Waals surface area contributed by atoms with Gasteiger partial charge >= 0.3 is 0 Å². The topological polar surface area (TPSA) is 60.5 Å². The number of anilines is 1. The molecule has 1 fully saturated rings. The van der Waals surface area contributed by atoms with Crippen LogP contribution >= 0.6 is 0 Å². The van der Waals surface area contributed by atoms with Crippen molar-refractivity contribution in [3.8, 4) is 0 Å². The molecule has 1 aliphatic heterocycles. The van der Waals surface area contributed by atoms with E-state index in [1.54, 1.807) is 6.20 Å². The van der Waals surface area contributed by atoms with Gasteiger partial charge in [-0.25, -0.2) is 0 Å². The molecule has 2 aromatic rings. The van der Waals surface area contributed by atoms with E-state index in [1.807, 2.05) is 23.7 Å². The maximum atomic E-state index is 11.5. The van der Waals surface area contributed by atoms with Gasteiger partial charge in [0.25, 0.3) is 5.91 Å². The van der Waals surface area contributed by atoms with Gasteiger partial charge in [0.1, 0.15) is 0 Å². The van der Waals surface area contributed by atoms with E-state index < -0.39 is 0 Å². The lowest BCUT2D eigenvalue weighted by Crippen LogP contribution is -2.36. The Hall–Kier alpha value is -2.01. The van der Waals surface area contributed by atoms with Crippen LogP contribution in [0.3, 0.4) is 0 Å². The van der Waals surface area contributed by atoms with E-state index in [9.17, 15) is 4.79 Å².